The number of nitrogens with two attached hydrogens (primary N) is 1. The molecule has 16 heavy (non-hydrogen) atoms. The Labute approximate surface area is 96.2 Å². The first-order valence-corrected chi connectivity index (χ1v) is 6.12. The second kappa shape index (κ2) is 5.41. The molecule has 3 unspecified atom stereocenters. The van der Waals surface area contributed by atoms with Crippen molar-refractivity contribution in [3.63, 3.8) is 0 Å². The minimum atomic E-state index is 0.222. The third-order valence-corrected chi connectivity index (χ3v) is 3.52. The highest BCUT2D eigenvalue weighted by Crippen LogP contribution is 2.25. The zero-order chi connectivity index (χ0) is 11.4. The first-order chi connectivity index (χ1) is 7.81. The van der Waals surface area contributed by atoms with E-state index in [0.717, 1.165) is 12.4 Å². The average Bonchev–Trinajstić information content (AvgIpc) is 2.83. The molecule has 0 saturated heterocycles. The molecule has 0 spiro atoms. The van der Waals surface area contributed by atoms with E-state index in [1.54, 1.807) is 6.33 Å². The molecule has 0 amide bonds. The fourth-order valence-corrected chi connectivity index (χ4v) is 2.53. The van der Waals surface area contributed by atoms with E-state index >= 15 is 0 Å². The Morgan fingerprint density at radius 3 is 3.06 bits per heavy atom. The summed E-state index contributed by atoms with van der Waals surface area (Å²) in [5.74, 6) is 1.51. The monoisotopic (exact) mass is 223 g/mol. The molecule has 1 aliphatic rings. The summed E-state index contributed by atoms with van der Waals surface area (Å²) in [6.07, 6.45) is 6.64. The van der Waals surface area contributed by atoms with E-state index in [4.69, 9.17) is 5.73 Å². The third kappa shape index (κ3) is 2.59. The molecule has 5 nitrogen and oxygen atoms in total. The number of nitrogens with one attached hydrogen (secondary N) is 2. The normalized spacial score (nSPS) is 27.9. The molecule has 0 radical (unpaired) electrons. The van der Waals surface area contributed by atoms with Crippen molar-refractivity contribution >= 4 is 0 Å². The van der Waals surface area contributed by atoms with Gasteiger partial charge in [0.05, 0.1) is 6.04 Å². The lowest BCUT2D eigenvalue weighted by Crippen LogP contribution is -2.43. The quantitative estimate of drug-likeness (QED) is 0.710. The molecule has 4 N–H and O–H groups in total. The predicted molar refractivity (Wildman–Crippen MR) is 62.7 cm³/mol. The van der Waals surface area contributed by atoms with Crippen molar-refractivity contribution in [1.29, 1.82) is 0 Å². The zero-order valence-corrected chi connectivity index (χ0v) is 9.82. The van der Waals surface area contributed by atoms with Crippen molar-refractivity contribution in [1.82, 2.24) is 20.5 Å². The number of rotatable bonds is 4. The maximum absolute atomic E-state index is 5.81. The van der Waals surface area contributed by atoms with Gasteiger partial charge < -0.3 is 11.1 Å². The Kier molecular flexibility index (Phi) is 3.90. The number of H-pyrrole nitrogens is 1. The molecule has 1 heterocycles. The van der Waals surface area contributed by atoms with Crippen LogP contribution >= 0.6 is 0 Å². The largest absolute Gasteiger partial charge is 0.330 e. The number of hydrogen-bond acceptors (Lipinski definition) is 4. The van der Waals surface area contributed by atoms with Gasteiger partial charge in [0.2, 0.25) is 0 Å². The highest BCUT2D eigenvalue weighted by atomic mass is 15.2. The van der Waals surface area contributed by atoms with Gasteiger partial charge in [0, 0.05) is 6.04 Å². The van der Waals surface area contributed by atoms with Gasteiger partial charge in [0.1, 0.15) is 12.2 Å². The van der Waals surface area contributed by atoms with Gasteiger partial charge in [-0.3, -0.25) is 5.10 Å². The van der Waals surface area contributed by atoms with E-state index in [2.05, 4.69) is 27.4 Å². The number of hydrogen-bond donors (Lipinski definition) is 3. The van der Waals surface area contributed by atoms with E-state index in [1.807, 2.05) is 0 Å². The van der Waals surface area contributed by atoms with Crippen LogP contribution in [0.2, 0.25) is 0 Å². The number of aromatic nitrogens is 3. The molecule has 0 bridgehead atoms. The molecule has 3 atom stereocenters. The van der Waals surface area contributed by atoms with Gasteiger partial charge in [-0.05, 0) is 32.2 Å². The number of nitrogens with zero attached hydrogens (tertiary/aromatic N) is 2. The van der Waals surface area contributed by atoms with Crippen LogP contribution in [0.1, 0.15) is 44.5 Å². The molecule has 1 aliphatic carbocycles. The molecule has 1 aromatic rings. The van der Waals surface area contributed by atoms with Crippen molar-refractivity contribution in [3.05, 3.63) is 12.2 Å². The van der Waals surface area contributed by atoms with Crippen LogP contribution in [0.3, 0.4) is 0 Å². The van der Waals surface area contributed by atoms with Crippen LogP contribution in [0.15, 0.2) is 6.33 Å². The minimum absolute atomic E-state index is 0.222. The van der Waals surface area contributed by atoms with Gasteiger partial charge in [-0.15, -0.1) is 0 Å². The zero-order valence-electron chi connectivity index (χ0n) is 9.82. The molecular formula is C11H21N5. The third-order valence-electron chi connectivity index (χ3n) is 3.52. The van der Waals surface area contributed by atoms with Crippen LogP contribution in [0.25, 0.3) is 0 Å². The van der Waals surface area contributed by atoms with E-state index in [1.165, 1.54) is 25.7 Å². The van der Waals surface area contributed by atoms with E-state index < -0.39 is 0 Å². The van der Waals surface area contributed by atoms with Gasteiger partial charge in [0.25, 0.3) is 0 Å². The summed E-state index contributed by atoms with van der Waals surface area (Å²) in [6, 6.07) is 0.749. The molecule has 2 rings (SSSR count). The summed E-state index contributed by atoms with van der Waals surface area (Å²) in [6.45, 7) is 2.89. The van der Waals surface area contributed by atoms with E-state index in [9.17, 15) is 0 Å². The van der Waals surface area contributed by atoms with Crippen molar-refractivity contribution in [3.8, 4) is 0 Å². The topological polar surface area (TPSA) is 79.6 Å². The Morgan fingerprint density at radius 2 is 2.38 bits per heavy atom. The molecule has 0 aliphatic heterocycles. The fourth-order valence-electron chi connectivity index (χ4n) is 2.53. The highest BCUT2D eigenvalue weighted by molar-refractivity contribution is 4.92. The van der Waals surface area contributed by atoms with Crippen LogP contribution in [0.5, 0.6) is 0 Å². The molecule has 5 heteroatoms. The Morgan fingerprint density at radius 1 is 1.56 bits per heavy atom. The summed E-state index contributed by atoms with van der Waals surface area (Å²) in [5.41, 5.74) is 5.81. The van der Waals surface area contributed by atoms with Gasteiger partial charge >= 0.3 is 0 Å². The van der Waals surface area contributed by atoms with Crippen molar-refractivity contribution < 1.29 is 0 Å². The van der Waals surface area contributed by atoms with Gasteiger partial charge in [-0.1, -0.05) is 12.8 Å². The summed E-state index contributed by atoms with van der Waals surface area (Å²) >= 11 is 0. The maximum Gasteiger partial charge on any atom is 0.141 e. The average molecular weight is 223 g/mol. The number of aromatic amines is 1. The predicted octanol–water partition coefficient (Wildman–Crippen LogP) is 0.973. The van der Waals surface area contributed by atoms with Gasteiger partial charge in [-0.2, -0.15) is 5.10 Å². The second-order valence-corrected chi connectivity index (χ2v) is 4.65. The van der Waals surface area contributed by atoms with Gasteiger partial charge in [0.15, 0.2) is 0 Å². The molecule has 1 aromatic heterocycles. The summed E-state index contributed by atoms with van der Waals surface area (Å²) in [4.78, 5) is 4.17. The Balaban J connectivity index is 1.92. The first-order valence-electron chi connectivity index (χ1n) is 6.12. The van der Waals surface area contributed by atoms with Crippen molar-refractivity contribution in [2.45, 2.75) is 44.7 Å². The smallest absolute Gasteiger partial charge is 0.141 e. The maximum atomic E-state index is 5.81. The lowest BCUT2D eigenvalue weighted by molar-refractivity contribution is 0.249. The summed E-state index contributed by atoms with van der Waals surface area (Å²) in [5, 5.41) is 10.4. The van der Waals surface area contributed by atoms with Crippen LogP contribution < -0.4 is 11.1 Å². The molecular weight excluding hydrogens is 202 g/mol. The Bertz CT molecular complexity index is 297. The van der Waals surface area contributed by atoms with Gasteiger partial charge in [-0.25, -0.2) is 4.98 Å². The first kappa shape index (κ1) is 11.5. The SMILES string of the molecule is CC(NC1CCCCC1CN)c1ncn[nH]1. The fraction of sp³-hybridized carbons (Fsp3) is 0.818. The van der Waals surface area contributed by atoms with Crippen LogP contribution in [-0.2, 0) is 0 Å². The summed E-state index contributed by atoms with van der Waals surface area (Å²) < 4.78 is 0. The van der Waals surface area contributed by atoms with Crippen LogP contribution in [0, 0.1) is 5.92 Å². The van der Waals surface area contributed by atoms with Crippen molar-refractivity contribution in [2.75, 3.05) is 6.54 Å². The van der Waals surface area contributed by atoms with E-state index in [-0.39, 0.29) is 6.04 Å². The molecule has 1 fully saturated rings. The van der Waals surface area contributed by atoms with Crippen molar-refractivity contribution in [2.24, 2.45) is 11.7 Å². The minimum Gasteiger partial charge on any atom is -0.330 e. The Hall–Kier alpha value is -0.940. The lowest BCUT2D eigenvalue weighted by atomic mass is 9.84. The highest BCUT2D eigenvalue weighted by Gasteiger charge is 2.25. The second-order valence-electron chi connectivity index (χ2n) is 4.65. The molecule has 0 aromatic carbocycles. The lowest BCUT2D eigenvalue weighted by Gasteiger charge is -2.33. The van der Waals surface area contributed by atoms with Crippen LogP contribution in [-0.4, -0.2) is 27.8 Å². The standard InChI is InChI=1S/C11H21N5/c1-8(11-13-7-14-16-11)15-10-5-3-2-4-9(10)6-12/h7-10,15H,2-6,12H2,1H3,(H,13,14,16). The van der Waals surface area contributed by atoms with Crippen LogP contribution in [0.4, 0.5) is 0 Å². The molecule has 1 saturated carbocycles. The summed E-state index contributed by atoms with van der Waals surface area (Å²) in [7, 11) is 0. The van der Waals surface area contributed by atoms with E-state index in [0.29, 0.717) is 12.0 Å². The molecule has 90 valence electrons.